The van der Waals surface area contributed by atoms with Gasteiger partial charge in [0.2, 0.25) is 0 Å². The summed E-state index contributed by atoms with van der Waals surface area (Å²) in [5.74, 6) is 0. The van der Waals surface area contributed by atoms with Gasteiger partial charge in [0.15, 0.2) is 0 Å². The van der Waals surface area contributed by atoms with Crippen LogP contribution in [0.5, 0.6) is 0 Å². The van der Waals surface area contributed by atoms with Crippen molar-refractivity contribution < 1.29 is 9.84 Å². The van der Waals surface area contributed by atoms with Crippen molar-refractivity contribution in [3.8, 4) is 0 Å². The first kappa shape index (κ1) is 16.4. The first-order chi connectivity index (χ1) is 9.13. The lowest BCUT2D eigenvalue weighted by Crippen LogP contribution is -2.31. The predicted molar refractivity (Wildman–Crippen MR) is 76.7 cm³/mol. The molecule has 0 aliphatic heterocycles. The fourth-order valence-electron chi connectivity index (χ4n) is 1.95. The van der Waals surface area contributed by atoms with Crippen molar-refractivity contribution >= 4 is 11.6 Å². The lowest BCUT2D eigenvalue weighted by atomic mass is 10.1. The zero-order valence-electron chi connectivity index (χ0n) is 11.9. The number of aliphatic hydroxyl groups is 1. The Kier molecular flexibility index (Phi) is 7.38. The molecule has 0 amide bonds. The van der Waals surface area contributed by atoms with Gasteiger partial charge in [-0.1, -0.05) is 18.5 Å². The average Bonchev–Trinajstić information content (AvgIpc) is 2.71. The van der Waals surface area contributed by atoms with Crippen LogP contribution >= 0.6 is 11.6 Å². The van der Waals surface area contributed by atoms with Crippen LogP contribution in [0.1, 0.15) is 25.2 Å². The number of nitrogens with zero attached hydrogens (tertiary/aromatic N) is 2. The molecule has 5 nitrogen and oxygen atoms in total. The van der Waals surface area contributed by atoms with Crippen LogP contribution in [0.3, 0.4) is 0 Å². The molecule has 0 saturated carbocycles. The van der Waals surface area contributed by atoms with Gasteiger partial charge in [0.25, 0.3) is 0 Å². The summed E-state index contributed by atoms with van der Waals surface area (Å²) in [6, 6.07) is 0. The van der Waals surface area contributed by atoms with Crippen molar-refractivity contribution in [3.63, 3.8) is 0 Å². The Bertz CT molecular complexity index is 382. The van der Waals surface area contributed by atoms with E-state index in [1.54, 1.807) is 7.11 Å². The third-order valence-electron chi connectivity index (χ3n) is 2.99. The van der Waals surface area contributed by atoms with Crippen molar-refractivity contribution in [1.82, 2.24) is 15.1 Å². The summed E-state index contributed by atoms with van der Waals surface area (Å²) in [5, 5.41) is 18.3. The third-order valence-corrected chi connectivity index (χ3v) is 3.42. The molecule has 1 unspecified atom stereocenters. The van der Waals surface area contributed by atoms with Crippen molar-refractivity contribution in [3.05, 3.63) is 16.4 Å². The van der Waals surface area contributed by atoms with Gasteiger partial charge in [-0.25, -0.2) is 0 Å². The number of ether oxygens (including phenoxy) is 1. The van der Waals surface area contributed by atoms with Gasteiger partial charge in [-0.2, -0.15) is 5.10 Å². The Morgan fingerprint density at radius 3 is 2.79 bits per heavy atom. The zero-order chi connectivity index (χ0) is 14.3. The highest BCUT2D eigenvalue weighted by atomic mass is 35.5. The van der Waals surface area contributed by atoms with E-state index < -0.39 is 6.10 Å². The second kappa shape index (κ2) is 8.53. The van der Waals surface area contributed by atoms with E-state index in [-0.39, 0.29) is 0 Å². The normalized spacial score (nSPS) is 12.9. The van der Waals surface area contributed by atoms with Gasteiger partial charge in [0, 0.05) is 33.2 Å². The Hall–Kier alpha value is -0.620. The number of rotatable bonds is 9. The first-order valence-electron chi connectivity index (χ1n) is 6.75. The molecule has 0 bridgehead atoms. The van der Waals surface area contributed by atoms with Crippen LogP contribution in [0.4, 0.5) is 0 Å². The lowest BCUT2D eigenvalue weighted by molar-refractivity contribution is 0.158. The molecule has 0 saturated heterocycles. The van der Waals surface area contributed by atoms with Crippen LogP contribution in [-0.4, -0.2) is 47.8 Å². The molecule has 0 aromatic carbocycles. The van der Waals surface area contributed by atoms with Crippen molar-refractivity contribution in [2.75, 3.05) is 26.8 Å². The molecule has 1 rings (SSSR count). The number of nitrogens with one attached hydrogen (secondary N) is 1. The minimum atomic E-state index is -0.471. The summed E-state index contributed by atoms with van der Waals surface area (Å²) in [4.78, 5) is 0. The van der Waals surface area contributed by atoms with Gasteiger partial charge in [0.05, 0.1) is 29.1 Å². The number of hydrogen-bond acceptors (Lipinski definition) is 4. The molecule has 2 N–H and O–H groups in total. The summed E-state index contributed by atoms with van der Waals surface area (Å²) < 4.78 is 6.81. The highest BCUT2D eigenvalue weighted by molar-refractivity contribution is 6.31. The van der Waals surface area contributed by atoms with Crippen molar-refractivity contribution in [2.45, 2.75) is 39.3 Å². The number of aliphatic hydroxyl groups excluding tert-OH is 1. The van der Waals surface area contributed by atoms with Gasteiger partial charge >= 0.3 is 0 Å². The molecule has 6 heteroatoms. The van der Waals surface area contributed by atoms with Crippen LogP contribution in [0.15, 0.2) is 0 Å². The molecule has 0 aliphatic rings. The fraction of sp³-hybridized carbons (Fsp3) is 0.769. The molecule has 19 heavy (non-hydrogen) atoms. The van der Waals surface area contributed by atoms with Crippen LogP contribution in [0.2, 0.25) is 5.02 Å². The minimum Gasteiger partial charge on any atom is -0.391 e. The minimum absolute atomic E-state index is 0.471. The number of halogens is 1. The van der Waals surface area contributed by atoms with E-state index in [1.165, 1.54) is 0 Å². The summed E-state index contributed by atoms with van der Waals surface area (Å²) in [6.07, 6.45) is 0.849. The fourth-order valence-corrected chi connectivity index (χ4v) is 2.30. The standard InChI is InChI=1S/C13H24ClN3O2/c1-4-11-13(14)12(17(5-2)16-11)8-10(18)9-15-6-7-19-3/h10,15,18H,4-9H2,1-3H3. The number of methoxy groups -OCH3 is 1. The van der Waals surface area contributed by atoms with E-state index in [0.717, 1.165) is 30.9 Å². The van der Waals surface area contributed by atoms with Crippen molar-refractivity contribution in [1.29, 1.82) is 0 Å². The van der Waals surface area contributed by atoms with Gasteiger partial charge in [-0.05, 0) is 13.3 Å². The maximum atomic E-state index is 10.0. The Morgan fingerprint density at radius 1 is 1.47 bits per heavy atom. The third kappa shape index (κ3) is 4.76. The van der Waals surface area contributed by atoms with Gasteiger partial charge in [-0.3, -0.25) is 4.68 Å². The smallest absolute Gasteiger partial charge is 0.0850 e. The largest absolute Gasteiger partial charge is 0.391 e. The van der Waals surface area contributed by atoms with Crippen LogP contribution in [0, 0.1) is 0 Å². The molecular formula is C13H24ClN3O2. The van der Waals surface area contributed by atoms with E-state index in [0.29, 0.717) is 24.6 Å². The van der Waals surface area contributed by atoms with Crippen LogP contribution < -0.4 is 5.32 Å². The van der Waals surface area contributed by atoms with Gasteiger partial charge in [-0.15, -0.1) is 0 Å². The SMILES string of the molecule is CCc1nn(CC)c(CC(O)CNCCOC)c1Cl. The zero-order valence-corrected chi connectivity index (χ0v) is 12.7. The highest BCUT2D eigenvalue weighted by Crippen LogP contribution is 2.22. The molecule has 1 atom stereocenters. The lowest BCUT2D eigenvalue weighted by Gasteiger charge is -2.13. The van der Waals surface area contributed by atoms with Crippen LogP contribution in [0.25, 0.3) is 0 Å². The van der Waals surface area contributed by atoms with Crippen molar-refractivity contribution in [2.24, 2.45) is 0 Å². The maximum absolute atomic E-state index is 10.0. The molecule has 1 aromatic rings. The quantitative estimate of drug-likeness (QED) is 0.672. The summed E-state index contributed by atoms with van der Waals surface area (Å²) in [7, 11) is 1.66. The van der Waals surface area contributed by atoms with Gasteiger partial charge in [0.1, 0.15) is 0 Å². The average molecular weight is 290 g/mol. The monoisotopic (exact) mass is 289 g/mol. The Balaban J connectivity index is 2.57. The molecule has 1 heterocycles. The summed E-state index contributed by atoms with van der Waals surface area (Å²) in [5.41, 5.74) is 1.82. The highest BCUT2D eigenvalue weighted by Gasteiger charge is 2.17. The molecule has 0 aliphatic carbocycles. The number of hydrogen-bond donors (Lipinski definition) is 2. The first-order valence-corrected chi connectivity index (χ1v) is 7.13. The Labute approximate surface area is 119 Å². The van der Waals surface area contributed by atoms with Crippen LogP contribution in [-0.2, 0) is 24.1 Å². The van der Waals surface area contributed by atoms with E-state index in [1.807, 2.05) is 18.5 Å². The van der Waals surface area contributed by atoms with Gasteiger partial charge < -0.3 is 15.2 Å². The molecule has 0 radical (unpaired) electrons. The topological polar surface area (TPSA) is 59.3 Å². The summed E-state index contributed by atoms with van der Waals surface area (Å²) >= 11 is 6.30. The Morgan fingerprint density at radius 2 is 2.21 bits per heavy atom. The van der Waals surface area contributed by atoms with E-state index in [9.17, 15) is 5.11 Å². The molecule has 0 spiro atoms. The number of aromatic nitrogens is 2. The second-order valence-electron chi connectivity index (χ2n) is 4.43. The second-order valence-corrected chi connectivity index (χ2v) is 4.81. The van der Waals surface area contributed by atoms with E-state index in [4.69, 9.17) is 16.3 Å². The molecule has 110 valence electrons. The van der Waals surface area contributed by atoms with E-state index >= 15 is 0 Å². The molecule has 1 aromatic heterocycles. The number of aryl methyl sites for hydroxylation is 2. The molecular weight excluding hydrogens is 266 g/mol. The molecule has 0 fully saturated rings. The van der Waals surface area contributed by atoms with E-state index in [2.05, 4.69) is 10.4 Å². The maximum Gasteiger partial charge on any atom is 0.0850 e. The summed E-state index contributed by atoms with van der Waals surface area (Å²) in [6.45, 7) is 6.71. The predicted octanol–water partition coefficient (Wildman–Crippen LogP) is 1.26.